The van der Waals surface area contributed by atoms with Crippen LogP contribution in [0.5, 0.6) is 5.75 Å². The van der Waals surface area contributed by atoms with Gasteiger partial charge >= 0.3 is 0 Å². The van der Waals surface area contributed by atoms with Gasteiger partial charge in [-0.3, -0.25) is 4.90 Å². The third kappa shape index (κ3) is 3.69. The Balaban J connectivity index is 1.99. The normalized spacial score (nSPS) is 22.2. The van der Waals surface area contributed by atoms with Crippen LogP contribution >= 0.6 is 0 Å². The number of nitrogens with one attached hydrogen (secondary N) is 1. The summed E-state index contributed by atoms with van der Waals surface area (Å²) in [5.74, 6) is 0.908. The molecule has 0 amide bonds. The van der Waals surface area contributed by atoms with Gasteiger partial charge in [0.05, 0.1) is 19.8 Å². The number of methoxy groups -OCH3 is 1. The molecule has 1 aliphatic heterocycles. The first kappa shape index (κ1) is 14.3. The zero-order valence-electron chi connectivity index (χ0n) is 12.1. The molecule has 2 unspecified atom stereocenters. The van der Waals surface area contributed by atoms with E-state index in [0.717, 1.165) is 32.0 Å². The van der Waals surface area contributed by atoms with Gasteiger partial charge in [0.1, 0.15) is 5.75 Å². The van der Waals surface area contributed by atoms with Crippen LogP contribution in [0.3, 0.4) is 0 Å². The molecule has 1 fully saturated rings. The minimum atomic E-state index is 0.291. The van der Waals surface area contributed by atoms with Crippen molar-refractivity contribution in [1.82, 2.24) is 10.2 Å². The highest BCUT2D eigenvalue weighted by atomic mass is 16.5. The van der Waals surface area contributed by atoms with E-state index in [2.05, 4.69) is 29.3 Å². The van der Waals surface area contributed by atoms with Crippen LogP contribution in [0.15, 0.2) is 24.3 Å². The van der Waals surface area contributed by atoms with Gasteiger partial charge in [0, 0.05) is 25.7 Å². The highest BCUT2D eigenvalue weighted by Gasteiger charge is 2.24. The Kier molecular flexibility index (Phi) is 5.19. The van der Waals surface area contributed by atoms with Crippen molar-refractivity contribution in [3.63, 3.8) is 0 Å². The summed E-state index contributed by atoms with van der Waals surface area (Å²) in [5.41, 5.74) is 1.32. The number of ether oxygens (including phenoxy) is 2. The van der Waals surface area contributed by atoms with Crippen LogP contribution in [0, 0.1) is 0 Å². The Morgan fingerprint density at radius 3 is 2.79 bits per heavy atom. The summed E-state index contributed by atoms with van der Waals surface area (Å²) in [6, 6.07) is 8.75. The fourth-order valence-electron chi connectivity index (χ4n) is 2.54. The smallest absolute Gasteiger partial charge is 0.118 e. The summed E-state index contributed by atoms with van der Waals surface area (Å²) in [6.07, 6.45) is 0.291. The number of morpholine rings is 1. The zero-order chi connectivity index (χ0) is 13.7. The Morgan fingerprint density at radius 1 is 1.42 bits per heavy atom. The number of hydrogen-bond acceptors (Lipinski definition) is 4. The summed E-state index contributed by atoms with van der Waals surface area (Å²) < 4.78 is 10.9. The number of rotatable bonds is 5. The minimum Gasteiger partial charge on any atom is -0.497 e. The predicted octanol–water partition coefficient (Wildman–Crippen LogP) is 1.68. The average Bonchev–Trinajstić information content (AvgIpc) is 2.47. The molecular formula is C15H24N2O2. The molecule has 2 rings (SSSR count). The number of likely N-dealkylation sites (N-methyl/N-ethyl adjacent to an activating group) is 1. The standard InChI is InChI=1S/C15H24N2O2/c1-12(13-4-6-14(18-3)7-5-13)17-8-9-19-15(11-17)10-16-2/h4-7,12,15-16H,8-11H2,1-3H3. The quantitative estimate of drug-likeness (QED) is 0.877. The van der Waals surface area contributed by atoms with Crippen LogP contribution in [0.2, 0.25) is 0 Å². The first-order valence-corrected chi connectivity index (χ1v) is 6.88. The molecule has 0 aliphatic carbocycles. The SMILES string of the molecule is CNCC1CN(C(C)c2ccc(OC)cc2)CCO1. The molecule has 0 spiro atoms. The van der Waals surface area contributed by atoms with E-state index < -0.39 is 0 Å². The highest BCUT2D eigenvalue weighted by Crippen LogP contribution is 2.24. The second kappa shape index (κ2) is 6.89. The van der Waals surface area contributed by atoms with Gasteiger partial charge in [-0.15, -0.1) is 0 Å². The molecule has 0 aromatic heterocycles. The van der Waals surface area contributed by atoms with Gasteiger partial charge < -0.3 is 14.8 Å². The lowest BCUT2D eigenvalue weighted by atomic mass is 10.1. The second-order valence-electron chi connectivity index (χ2n) is 4.99. The molecule has 106 valence electrons. The molecule has 0 radical (unpaired) electrons. The van der Waals surface area contributed by atoms with E-state index in [9.17, 15) is 0 Å². The monoisotopic (exact) mass is 264 g/mol. The highest BCUT2D eigenvalue weighted by molar-refractivity contribution is 5.28. The third-order valence-corrected chi connectivity index (χ3v) is 3.75. The maximum absolute atomic E-state index is 5.75. The molecule has 0 saturated carbocycles. The lowest BCUT2D eigenvalue weighted by molar-refractivity contribution is -0.0393. The van der Waals surface area contributed by atoms with Gasteiger partial charge in [0.2, 0.25) is 0 Å². The maximum Gasteiger partial charge on any atom is 0.118 e. The molecular weight excluding hydrogens is 240 g/mol. The Bertz CT molecular complexity index is 378. The maximum atomic E-state index is 5.75. The lowest BCUT2D eigenvalue weighted by Gasteiger charge is -2.37. The fourth-order valence-corrected chi connectivity index (χ4v) is 2.54. The van der Waals surface area contributed by atoms with Crippen molar-refractivity contribution in [1.29, 1.82) is 0 Å². The lowest BCUT2D eigenvalue weighted by Crippen LogP contribution is -2.46. The van der Waals surface area contributed by atoms with Crippen LogP contribution < -0.4 is 10.1 Å². The molecule has 1 aromatic carbocycles. The summed E-state index contributed by atoms with van der Waals surface area (Å²) in [4.78, 5) is 2.48. The van der Waals surface area contributed by atoms with Gasteiger partial charge in [0.15, 0.2) is 0 Å². The molecule has 1 heterocycles. The summed E-state index contributed by atoms with van der Waals surface area (Å²) in [6.45, 7) is 5.95. The topological polar surface area (TPSA) is 33.7 Å². The first-order chi connectivity index (χ1) is 9.24. The second-order valence-corrected chi connectivity index (χ2v) is 4.99. The van der Waals surface area contributed by atoms with Crippen molar-refractivity contribution in [3.8, 4) is 5.75 Å². The number of benzene rings is 1. The Labute approximate surface area is 115 Å². The number of hydrogen-bond donors (Lipinski definition) is 1. The Morgan fingerprint density at radius 2 is 2.16 bits per heavy atom. The van der Waals surface area contributed by atoms with Crippen molar-refractivity contribution in [2.75, 3.05) is 40.4 Å². The van der Waals surface area contributed by atoms with E-state index in [1.165, 1.54) is 5.56 Å². The molecule has 4 nitrogen and oxygen atoms in total. The van der Waals surface area contributed by atoms with Gasteiger partial charge in [0.25, 0.3) is 0 Å². The predicted molar refractivity (Wildman–Crippen MR) is 76.6 cm³/mol. The van der Waals surface area contributed by atoms with Crippen molar-refractivity contribution >= 4 is 0 Å². The van der Waals surface area contributed by atoms with Crippen molar-refractivity contribution < 1.29 is 9.47 Å². The Hall–Kier alpha value is -1.10. The van der Waals surface area contributed by atoms with Gasteiger partial charge in [-0.05, 0) is 31.7 Å². The molecule has 19 heavy (non-hydrogen) atoms. The zero-order valence-corrected chi connectivity index (χ0v) is 12.1. The largest absolute Gasteiger partial charge is 0.497 e. The fraction of sp³-hybridized carbons (Fsp3) is 0.600. The number of nitrogens with zero attached hydrogens (tertiary/aromatic N) is 1. The van der Waals surface area contributed by atoms with E-state index >= 15 is 0 Å². The summed E-state index contributed by atoms with van der Waals surface area (Å²) >= 11 is 0. The molecule has 4 heteroatoms. The third-order valence-electron chi connectivity index (χ3n) is 3.75. The van der Waals surface area contributed by atoms with Crippen LogP contribution in [0.1, 0.15) is 18.5 Å². The van der Waals surface area contributed by atoms with E-state index in [1.54, 1.807) is 7.11 Å². The minimum absolute atomic E-state index is 0.291. The molecule has 1 aliphatic rings. The molecule has 2 atom stereocenters. The van der Waals surface area contributed by atoms with E-state index in [1.807, 2.05) is 19.2 Å². The van der Waals surface area contributed by atoms with Crippen molar-refractivity contribution in [3.05, 3.63) is 29.8 Å². The molecule has 1 aromatic rings. The van der Waals surface area contributed by atoms with Crippen LogP contribution in [0.25, 0.3) is 0 Å². The summed E-state index contributed by atoms with van der Waals surface area (Å²) in [7, 11) is 3.66. The summed E-state index contributed by atoms with van der Waals surface area (Å²) in [5, 5.41) is 3.18. The molecule has 1 saturated heterocycles. The molecule has 0 bridgehead atoms. The average molecular weight is 264 g/mol. The van der Waals surface area contributed by atoms with E-state index in [0.29, 0.717) is 12.1 Å². The van der Waals surface area contributed by atoms with Gasteiger partial charge in [-0.25, -0.2) is 0 Å². The van der Waals surface area contributed by atoms with Gasteiger partial charge in [-0.2, -0.15) is 0 Å². The van der Waals surface area contributed by atoms with Crippen molar-refractivity contribution in [2.24, 2.45) is 0 Å². The van der Waals surface area contributed by atoms with Gasteiger partial charge in [-0.1, -0.05) is 12.1 Å². The first-order valence-electron chi connectivity index (χ1n) is 6.88. The van der Waals surface area contributed by atoms with Crippen molar-refractivity contribution in [2.45, 2.75) is 19.1 Å². The van der Waals surface area contributed by atoms with Crippen LogP contribution in [0.4, 0.5) is 0 Å². The molecule has 1 N–H and O–H groups in total. The van der Waals surface area contributed by atoms with Crippen LogP contribution in [-0.2, 0) is 4.74 Å². The van der Waals surface area contributed by atoms with Crippen LogP contribution in [-0.4, -0.2) is 51.4 Å². The van der Waals surface area contributed by atoms with E-state index in [-0.39, 0.29) is 0 Å². The van der Waals surface area contributed by atoms with E-state index in [4.69, 9.17) is 9.47 Å².